The minimum Gasteiger partial charge on any atom is -0.359 e. The van der Waals surface area contributed by atoms with E-state index >= 15 is 0 Å². The third-order valence-electron chi connectivity index (χ3n) is 5.44. The van der Waals surface area contributed by atoms with Gasteiger partial charge >= 0.3 is 0 Å². The molecule has 0 amide bonds. The summed E-state index contributed by atoms with van der Waals surface area (Å²) in [5, 5.41) is 11.0. The van der Waals surface area contributed by atoms with E-state index in [2.05, 4.69) is 78.6 Å². The molecule has 2 N–H and O–H groups in total. The summed E-state index contributed by atoms with van der Waals surface area (Å²) < 4.78 is 0. The Bertz CT molecular complexity index is 1090. The van der Waals surface area contributed by atoms with Gasteiger partial charge in [-0.3, -0.25) is 0 Å². The number of allylic oxidation sites excluding steroid dienone is 3. The molecular formula is C27H26N2. The van der Waals surface area contributed by atoms with Gasteiger partial charge in [0.15, 0.2) is 0 Å². The van der Waals surface area contributed by atoms with Crippen molar-refractivity contribution in [3.05, 3.63) is 113 Å². The molecule has 0 radical (unpaired) electrons. The Kier molecular flexibility index (Phi) is 5.44. The van der Waals surface area contributed by atoms with E-state index in [1.807, 2.05) is 6.92 Å². The average molecular weight is 379 g/mol. The van der Waals surface area contributed by atoms with Gasteiger partial charge < -0.3 is 10.7 Å². The highest BCUT2D eigenvalue weighted by atomic mass is 14.9. The molecule has 0 spiro atoms. The predicted molar refractivity (Wildman–Crippen MR) is 124 cm³/mol. The lowest BCUT2D eigenvalue weighted by Crippen LogP contribution is -2.04. The molecule has 29 heavy (non-hydrogen) atoms. The molecule has 0 atom stereocenters. The average Bonchev–Trinajstić information content (AvgIpc) is 2.74. The van der Waals surface area contributed by atoms with Gasteiger partial charge in [0.25, 0.3) is 0 Å². The Morgan fingerprint density at radius 1 is 0.931 bits per heavy atom. The fourth-order valence-corrected chi connectivity index (χ4v) is 3.99. The maximum Gasteiger partial charge on any atom is 0.0551 e. The minimum absolute atomic E-state index is 0.404. The summed E-state index contributed by atoms with van der Waals surface area (Å²) in [5.74, 6) is 0. The van der Waals surface area contributed by atoms with Crippen LogP contribution in [-0.4, -0.2) is 5.71 Å². The number of aryl methyl sites for hydroxylation is 2. The summed E-state index contributed by atoms with van der Waals surface area (Å²) in [7, 11) is 0. The molecule has 1 aliphatic carbocycles. The first-order valence-corrected chi connectivity index (χ1v) is 10.1. The number of anilines is 1. The summed E-state index contributed by atoms with van der Waals surface area (Å²) in [6.07, 6.45) is 6.49. The second-order valence-electron chi connectivity index (χ2n) is 7.63. The van der Waals surface area contributed by atoms with Crippen LogP contribution in [0.4, 0.5) is 5.69 Å². The Morgan fingerprint density at radius 3 is 2.41 bits per heavy atom. The van der Waals surface area contributed by atoms with Gasteiger partial charge in [-0.15, -0.1) is 0 Å². The summed E-state index contributed by atoms with van der Waals surface area (Å²) in [6.45, 7) is 5.57. The topological polar surface area (TPSA) is 35.9 Å². The SMILES string of the molecule is C=CC(=N)/C=C(/C)Nc1ccc(Cc2ccc3c(c2)CCc2ccccc2-3)cc1. The molecule has 0 fully saturated rings. The Morgan fingerprint density at radius 2 is 1.62 bits per heavy atom. The third-order valence-corrected chi connectivity index (χ3v) is 5.44. The quantitative estimate of drug-likeness (QED) is 0.468. The van der Waals surface area contributed by atoms with Crippen LogP contribution in [0.3, 0.4) is 0 Å². The van der Waals surface area contributed by atoms with Crippen molar-refractivity contribution >= 4 is 11.4 Å². The molecule has 3 aromatic rings. The van der Waals surface area contributed by atoms with Gasteiger partial charge in [0.2, 0.25) is 0 Å². The second kappa shape index (κ2) is 8.32. The standard InChI is InChI=1S/C27H26N2/c1-3-24(28)16-19(2)29-25-13-8-20(9-14-25)17-21-10-15-27-23(18-21)12-11-22-6-4-5-7-26(22)27/h3-10,13-16,18,28-29H,1,11-12,17H2,2H3/b19-16-,28-24?. The molecule has 0 saturated carbocycles. The second-order valence-corrected chi connectivity index (χ2v) is 7.63. The number of benzene rings is 3. The maximum atomic E-state index is 7.66. The Balaban J connectivity index is 1.47. The van der Waals surface area contributed by atoms with Gasteiger partial charge in [-0.2, -0.15) is 0 Å². The lowest BCUT2D eigenvalue weighted by molar-refractivity contribution is 0.937. The van der Waals surface area contributed by atoms with Crippen molar-refractivity contribution in [1.82, 2.24) is 0 Å². The van der Waals surface area contributed by atoms with Crippen molar-refractivity contribution in [2.45, 2.75) is 26.2 Å². The smallest absolute Gasteiger partial charge is 0.0551 e. The fraction of sp³-hybridized carbons (Fsp3) is 0.148. The summed E-state index contributed by atoms with van der Waals surface area (Å²) in [5.41, 5.74) is 10.7. The lowest BCUT2D eigenvalue weighted by Gasteiger charge is -2.20. The monoisotopic (exact) mass is 378 g/mol. The first kappa shape index (κ1) is 18.9. The zero-order valence-corrected chi connectivity index (χ0v) is 16.8. The van der Waals surface area contributed by atoms with Crippen LogP contribution in [0, 0.1) is 5.41 Å². The molecule has 1 aliphatic rings. The number of rotatable bonds is 6. The summed E-state index contributed by atoms with van der Waals surface area (Å²) in [4.78, 5) is 0. The van der Waals surface area contributed by atoms with Crippen LogP contribution in [0.5, 0.6) is 0 Å². The van der Waals surface area contributed by atoms with Crippen molar-refractivity contribution < 1.29 is 0 Å². The lowest BCUT2D eigenvalue weighted by atomic mass is 9.84. The number of hydrogen-bond donors (Lipinski definition) is 2. The van der Waals surface area contributed by atoms with E-state index < -0.39 is 0 Å². The van der Waals surface area contributed by atoms with Crippen molar-refractivity contribution in [1.29, 1.82) is 5.41 Å². The largest absolute Gasteiger partial charge is 0.359 e. The van der Waals surface area contributed by atoms with Gasteiger partial charge in [-0.05, 0) is 83.9 Å². The van der Waals surface area contributed by atoms with Crippen molar-refractivity contribution in [3.8, 4) is 11.1 Å². The van der Waals surface area contributed by atoms with Crippen LogP contribution in [0.1, 0.15) is 29.2 Å². The minimum atomic E-state index is 0.404. The normalized spacial score (nSPS) is 12.7. The van der Waals surface area contributed by atoms with Crippen molar-refractivity contribution in [3.63, 3.8) is 0 Å². The van der Waals surface area contributed by atoms with E-state index in [-0.39, 0.29) is 0 Å². The molecule has 144 valence electrons. The van der Waals surface area contributed by atoms with E-state index in [0.717, 1.165) is 30.6 Å². The van der Waals surface area contributed by atoms with Crippen molar-refractivity contribution in [2.75, 3.05) is 5.32 Å². The number of fused-ring (bicyclic) bond motifs is 3. The number of hydrogen-bond acceptors (Lipinski definition) is 2. The summed E-state index contributed by atoms with van der Waals surface area (Å²) in [6, 6.07) is 24.2. The molecular weight excluding hydrogens is 352 g/mol. The van der Waals surface area contributed by atoms with Crippen molar-refractivity contribution in [2.24, 2.45) is 0 Å². The van der Waals surface area contributed by atoms with E-state index in [1.165, 1.54) is 39.5 Å². The van der Waals surface area contributed by atoms with E-state index in [4.69, 9.17) is 5.41 Å². The highest BCUT2D eigenvalue weighted by Gasteiger charge is 2.15. The van der Waals surface area contributed by atoms with E-state index in [1.54, 1.807) is 6.08 Å². The van der Waals surface area contributed by atoms with Crippen LogP contribution in [-0.2, 0) is 19.3 Å². The highest BCUT2D eigenvalue weighted by molar-refractivity contribution is 6.01. The van der Waals surface area contributed by atoms with Crippen LogP contribution < -0.4 is 5.32 Å². The van der Waals surface area contributed by atoms with E-state index in [0.29, 0.717) is 5.71 Å². The predicted octanol–water partition coefficient (Wildman–Crippen LogP) is 6.56. The van der Waals surface area contributed by atoms with Gasteiger partial charge in [-0.1, -0.05) is 61.2 Å². The zero-order valence-electron chi connectivity index (χ0n) is 16.8. The van der Waals surface area contributed by atoms with Gasteiger partial charge in [-0.25, -0.2) is 0 Å². The molecule has 2 heteroatoms. The van der Waals surface area contributed by atoms with E-state index in [9.17, 15) is 0 Å². The van der Waals surface area contributed by atoms with Crippen LogP contribution in [0.15, 0.2) is 91.2 Å². The maximum absolute atomic E-state index is 7.66. The molecule has 2 nitrogen and oxygen atoms in total. The Labute approximate surface area is 173 Å². The molecule has 0 aromatic heterocycles. The first-order valence-electron chi connectivity index (χ1n) is 10.1. The molecule has 0 aliphatic heterocycles. The summed E-state index contributed by atoms with van der Waals surface area (Å²) >= 11 is 0. The van der Waals surface area contributed by atoms with Gasteiger partial charge in [0, 0.05) is 11.4 Å². The molecule has 0 bridgehead atoms. The molecule has 0 saturated heterocycles. The molecule has 3 aromatic carbocycles. The van der Waals surface area contributed by atoms with Gasteiger partial charge in [0.1, 0.15) is 0 Å². The highest BCUT2D eigenvalue weighted by Crippen LogP contribution is 2.34. The van der Waals surface area contributed by atoms with Crippen LogP contribution in [0.2, 0.25) is 0 Å². The number of nitrogens with one attached hydrogen (secondary N) is 2. The first-order chi connectivity index (χ1) is 14.1. The fourth-order valence-electron chi connectivity index (χ4n) is 3.99. The molecule has 4 rings (SSSR count). The zero-order chi connectivity index (χ0) is 20.2. The third kappa shape index (κ3) is 4.38. The van der Waals surface area contributed by atoms with Crippen LogP contribution in [0.25, 0.3) is 11.1 Å². The molecule has 0 unspecified atom stereocenters. The molecule has 0 heterocycles. The Hall–Kier alpha value is -3.39. The van der Waals surface area contributed by atoms with Crippen LogP contribution >= 0.6 is 0 Å². The van der Waals surface area contributed by atoms with Gasteiger partial charge in [0.05, 0.1) is 5.71 Å².